The summed E-state index contributed by atoms with van der Waals surface area (Å²) in [6.07, 6.45) is 0.323. The highest BCUT2D eigenvalue weighted by molar-refractivity contribution is 6.07. The standard InChI is InChI=1S/C13H13N3O5/c14-10-5-7(16(20)21)1-3-9(10)13(19)15-11-4-2-8(17)6-12(11)18/h1,3,5,11H,2,4,6,14H2,(H,15,19). The number of amides is 1. The molecule has 3 N–H and O–H groups in total. The van der Waals surface area contributed by atoms with Gasteiger partial charge in [0.05, 0.1) is 28.6 Å². The normalized spacial score (nSPS) is 18.4. The molecular formula is C13H13N3O5. The number of hydrogen-bond acceptors (Lipinski definition) is 6. The van der Waals surface area contributed by atoms with Crippen LogP contribution < -0.4 is 11.1 Å². The zero-order valence-corrected chi connectivity index (χ0v) is 11.0. The molecule has 0 bridgehead atoms. The van der Waals surface area contributed by atoms with E-state index < -0.39 is 16.9 Å². The molecule has 8 heteroatoms. The van der Waals surface area contributed by atoms with Crippen molar-refractivity contribution >= 4 is 28.8 Å². The van der Waals surface area contributed by atoms with Gasteiger partial charge in [-0.15, -0.1) is 0 Å². The van der Waals surface area contributed by atoms with Gasteiger partial charge in [0.25, 0.3) is 11.6 Å². The average Bonchev–Trinajstić information content (AvgIpc) is 2.41. The van der Waals surface area contributed by atoms with Gasteiger partial charge in [0.2, 0.25) is 0 Å². The highest BCUT2D eigenvalue weighted by atomic mass is 16.6. The number of nitro groups is 1. The van der Waals surface area contributed by atoms with Crippen LogP contribution in [-0.4, -0.2) is 28.4 Å². The Morgan fingerprint density at radius 2 is 2.10 bits per heavy atom. The SMILES string of the molecule is Nc1cc([N+](=O)[O-])ccc1C(=O)NC1CCC(=O)CC1=O. The van der Waals surface area contributed by atoms with E-state index in [0.717, 1.165) is 12.1 Å². The third-order valence-corrected chi connectivity index (χ3v) is 3.27. The van der Waals surface area contributed by atoms with E-state index in [-0.39, 0.29) is 47.8 Å². The van der Waals surface area contributed by atoms with Crippen molar-refractivity contribution < 1.29 is 19.3 Å². The number of non-ortho nitro benzene ring substituents is 1. The molecule has 1 aliphatic carbocycles. The molecule has 110 valence electrons. The molecule has 1 aliphatic rings. The topological polar surface area (TPSA) is 132 Å². The quantitative estimate of drug-likeness (QED) is 0.362. The summed E-state index contributed by atoms with van der Waals surface area (Å²) in [6, 6.07) is 2.77. The molecule has 0 saturated heterocycles. The number of nitrogens with one attached hydrogen (secondary N) is 1. The van der Waals surface area contributed by atoms with Crippen LogP contribution in [0.15, 0.2) is 18.2 Å². The van der Waals surface area contributed by atoms with Crippen LogP contribution in [-0.2, 0) is 9.59 Å². The Bertz CT molecular complexity index is 641. The summed E-state index contributed by atoms with van der Waals surface area (Å²) in [5.74, 6) is -1.06. The zero-order chi connectivity index (χ0) is 15.6. The number of ketones is 2. The number of nitrogens with two attached hydrogens (primary N) is 1. The average molecular weight is 291 g/mol. The van der Waals surface area contributed by atoms with Crippen molar-refractivity contribution in [2.24, 2.45) is 0 Å². The molecule has 1 aromatic rings. The van der Waals surface area contributed by atoms with E-state index in [1.807, 2.05) is 0 Å². The smallest absolute Gasteiger partial charge is 0.271 e. The second kappa shape index (κ2) is 5.70. The molecule has 0 heterocycles. The van der Waals surface area contributed by atoms with Crippen molar-refractivity contribution in [3.05, 3.63) is 33.9 Å². The largest absolute Gasteiger partial charge is 0.398 e. The van der Waals surface area contributed by atoms with E-state index in [0.29, 0.717) is 0 Å². The van der Waals surface area contributed by atoms with E-state index in [4.69, 9.17) is 5.73 Å². The van der Waals surface area contributed by atoms with Crippen molar-refractivity contribution in [3.8, 4) is 0 Å². The van der Waals surface area contributed by atoms with Crippen LogP contribution in [0.4, 0.5) is 11.4 Å². The fourth-order valence-electron chi connectivity index (χ4n) is 2.13. The molecule has 1 amide bonds. The van der Waals surface area contributed by atoms with Crippen LogP contribution in [0.5, 0.6) is 0 Å². The number of nitrogen functional groups attached to an aromatic ring is 1. The summed E-state index contributed by atoms with van der Waals surface area (Å²) >= 11 is 0. The number of carbonyl (C=O) groups excluding carboxylic acids is 3. The Morgan fingerprint density at radius 1 is 1.38 bits per heavy atom. The lowest BCUT2D eigenvalue weighted by Gasteiger charge is -2.21. The highest BCUT2D eigenvalue weighted by Gasteiger charge is 2.29. The Kier molecular flexibility index (Phi) is 3.97. The van der Waals surface area contributed by atoms with Crippen LogP contribution in [0, 0.1) is 10.1 Å². The Hall–Kier alpha value is -2.77. The predicted molar refractivity (Wildman–Crippen MR) is 72.6 cm³/mol. The number of nitro benzene ring substituents is 1. The van der Waals surface area contributed by atoms with Crippen molar-refractivity contribution in [1.29, 1.82) is 0 Å². The van der Waals surface area contributed by atoms with Gasteiger partial charge in [-0.1, -0.05) is 0 Å². The summed E-state index contributed by atoms with van der Waals surface area (Å²) in [6.45, 7) is 0. The van der Waals surface area contributed by atoms with E-state index in [1.54, 1.807) is 0 Å². The molecule has 0 aromatic heterocycles. The van der Waals surface area contributed by atoms with Crippen molar-refractivity contribution in [3.63, 3.8) is 0 Å². The minimum Gasteiger partial charge on any atom is -0.398 e. The first-order valence-corrected chi connectivity index (χ1v) is 6.27. The molecule has 0 radical (unpaired) electrons. The first kappa shape index (κ1) is 14.6. The highest BCUT2D eigenvalue weighted by Crippen LogP contribution is 2.20. The predicted octanol–water partition coefficient (Wildman–Crippen LogP) is 0.597. The number of anilines is 1. The van der Waals surface area contributed by atoms with Gasteiger partial charge in [-0.05, 0) is 12.5 Å². The van der Waals surface area contributed by atoms with E-state index >= 15 is 0 Å². The second-order valence-electron chi connectivity index (χ2n) is 4.78. The van der Waals surface area contributed by atoms with Crippen LogP contribution in [0.25, 0.3) is 0 Å². The number of Topliss-reactive ketones (excluding diaryl/α,β-unsaturated/α-hetero) is 2. The van der Waals surface area contributed by atoms with Gasteiger partial charge in [-0.2, -0.15) is 0 Å². The molecule has 1 fully saturated rings. The third kappa shape index (κ3) is 3.22. The van der Waals surface area contributed by atoms with Gasteiger partial charge in [0.15, 0.2) is 5.78 Å². The summed E-state index contributed by atoms with van der Waals surface area (Å²) in [7, 11) is 0. The van der Waals surface area contributed by atoms with Gasteiger partial charge >= 0.3 is 0 Å². The number of hydrogen-bond donors (Lipinski definition) is 2. The lowest BCUT2D eigenvalue weighted by atomic mass is 9.93. The van der Waals surface area contributed by atoms with Gasteiger partial charge in [0, 0.05) is 18.6 Å². The Labute approximate surface area is 119 Å². The van der Waals surface area contributed by atoms with Crippen molar-refractivity contribution in [2.45, 2.75) is 25.3 Å². The summed E-state index contributed by atoms with van der Waals surface area (Å²) in [4.78, 5) is 44.8. The summed E-state index contributed by atoms with van der Waals surface area (Å²) in [5, 5.41) is 13.1. The number of benzene rings is 1. The van der Waals surface area contributed by atoms with Crippen LogP contribution in [0.1, 0.15) is 29.6 Å². The molecule has 1 saturated carbocycles. The maximum absolute atomic E-state index is 12.0. The van der Waals surface area contributed by atoms with E-state index in [9.17, 15) is 24.5 Å². The number of carbonyl (C=O) groups is 3. The second-order valence-corrected chi connectivity index (χ2v) is 4.78. The Balaban J connectivity index is 2.12. The van der Waals surface area contributed by atoms with Crippen molar-refractivity contribution in [2.75, 3.05) is 5.73 Å². The molecule has 2 rings (SSSR count). The molecule has 21 heavy (non-hydrogen) atoms. The lowest BCUT2D eigenvalue weighted by molar-refractivity contribution is -0.384. The minimum atomic E-state index is -0.718. The maximum Gasteiger partial charge on any atom is 0.271 e. The lowest BCUT2D eigenvalue weighted by Crippen LogP contribution is -2.44. The van der Waals surface area contributed by atoms with Gasteiger partial charge in [-0.3, -0.25) is 24.5 Å². The third-order valence-electron chi connectivity index (χ3n) is 3.27. The fourth-order valence-corrected chi connectivity index (χ4v) is 2.13. The number of nitrogens with zero attached hydrogens (tertiary/aromatic N) is 1. The minimum absolute atomic E-state index is 0.0407. The van der Waals surface area contributed by atoms with Crippen LogP contribution in [0.2, 0.25) is 0 Å². The molecule has 0 aliphatic heterocycles. The molecule has 0 spiro atoms. The first-order valence-electron chi connectivity index (χ1n) is 6.27. The maximum atomic E-state index is 12.0. The molecule has 1 aromatic carbocycles. The van der Waals surface area contributed by atoms with E-state index in [1.165, 1.54) is 6.07 Å². The molecular weight excluding hydrogens is 278 g/mol. The van der Waals surface area contributed by atoms with Crippen molar-refractivity contribution in [1.82, 2.24) is 5.32 Å². The van der Waals surface area contributed by atoms with Gasteiger partial charge in [-0.25, -0.2) is 0 Å². The molecule has 8 nitrogen and oxygen atoms in total. The summed E-state index contributed by atoms with van der Waals surface area (Å²) in [5.41, 5.74) is 5.42. The summed E-state index contributed by atoms with van der Waals surface area (Å²) < 4.78 is 0. The van der Waals surface area contributed by atoms with Crippen LogP contribution >= 0.6 is 0 Å². The number of rotatable bonds is 3. The first-order chi connectivity index (χ1) is 9.88. The van der Waals surface area contributed by atoms with Crippen LogP contribution in [0.3, 0.4) is 0 Å². The fraction of sp³-hybridized carbons (Fsp3) is 0.308. The van der Waals surface area contributed by atoms with Gasteiger partial charge < -0.3 is 11.1 Å². The molecule has 1 atom stereocenters. The monoisotopic (exact) mass is 291 g/mol. The van der Waals surface area contributed by atoms with Gasteiger partial charge in [0.1, 0.15) is 5.78 Å². The molecule has 1 unspecified atom stereocenters. The zero-order valence-electron chi connectivity index (χ0n) is 11.0. The Morgan fingerprint density at radius 3 is 2.67 bits per heavy atom. The van der Waals surface area contributed by atoms with E-state index in [2.05, 4.69) is 5.32 Å².